The first kappa shape index (κ1) is 23.3. The van der Waals surface area contributed by atoms with Crippen molar-refractivity contribution in [3.05, 3.63) is 35.9 Å². The molecule has 3 heteroatoms. The van der Waals surface area contributed by atoms with E-state index in [1.807, 2.05) is 12.1 Å². The van der Waals surface area contributed by atoms with Crippen LogP contribution in [0.15, 0.2) is 30.3 Å². The van der Waals surface area contributed by atoms with Crippen LogP contribution in [0.5, 0.6) is 5.75 Å². The lowest BCUT2D eigenvalue weighted by atomic mass is 10.1. The van der Waals surface area contributed by atoms with Crippen molar-refractivity contribution >= 4 is 12.0 Å². The first-order valence-corrected chi connectivity index (χ1v) is 10.9. The third-order valence-corrected chi connectivity index (χ3v) is 4.56. The van der Waals surface area contributed by atoms with Gasteiger partial charge in [0.25, 0.3) is 0 Å². The first-order chi connectivity index (χ1) is 13.3. The Morgan fingerprint density at radius 2 is 1.81 bits per heavy atom. The molecule has 1 amide bonds. The molecule has 27 heavy (non-hydrogen) atoms. The fourth-order valence-electron chi connectivity index (χ4n) is 2.87. The molecule has 1 rings (SSSR count). The summed E-state index contributed by atoms with van der Waals surface area (Å²) in [6.07, 6.45) is 16.4. The van der Waals surface area contributed by atoms with Gasteiger partial charge in [-0.1, -0.05) is 70.2 Å². The number of hydrogen-bond donors (Lipinski definition) is 1. The van der Waals surface area contributed by atoms with E-state index < -0.39 is 0 Å². The zero-order chi connectivity index (χ0) is 19.6. The molecule has 1 N–H and O–H groups in total. The third-order valence-electron chi connectivity index (χ3n) is 4.56. The minimum Gasteiger partial charge on any atom is -0.494 e. The van der Waals surface area contributed by atoms with E-state index in [-0.39, 0.29) is 5.91 Å². The standard InChI is InChI=1S/C24H39NO2/c1-3-5-7-10-15-22-16-14-17-23(21-22)27-20-13-9-11-18-24(26)25-19-12-8-6-4-2/h10,14-17,21H,3-9,11-13,18-20H2,1-2H3,(H,25,26). The van der Waals surface area contributed by atoms with Gasteiger partial charge in [-0.05, 0) is 49.8 Å². The Labute approximate surface area is 166 Å². The van der Waals surface area contributed by atoms with Crippen molar-refractivity contribution in [1.29, 1.82) is 0 Å². The van der Waals surface area contributed by atoms with E-state index in [0.29, 0.717) is 13.0 Å². The molecule has 0 atom stereocenters. The Morgan fingerprint density at radius 3 is 2.63 bits per heavy atom. The molecule has 0 unspecified atom stereocenters. The zero-order valence-electron chi connectivity index (χ0n) is 17.5. The Kier molecular flexibility index (Phi) is 14.1. The van der Waals surface area contributed by atoms with Gasteiger partial charge in [0.2, 0.25) is 5.91 Å². The van der Waals surface area contributed by atoms with Gasteiger partial charge in [0, 0.05) is 13.0 Å². The van der Waals surface area contributed by atoms with Crippen LogP contribution in [0, 0.1) is 0 Å². The van der Waals surface area contributed by atoms with Crippen molar-refractivity contribution in [1.82, 2.24) is 5.32 Å². The Morgan fingerprint density at radius 1 is 1.00 bits per heavy atom. The summed E-state index contributed by atoms with van der Waals surface area (Å²) in [5.41, 5.74) is 1.19. The summed E-state index contributed by atoms with van der Waals surface area (Å²) < 4.78 is 5.85. The fraction of sp³-hybridized carbons (Fsp3) is 0.625. The summed E-state index contributed by atoms with van der Waals surface area (Å²) in [7, 11) is 0. The van der Waals surface area contributed by atoms with Crippen LogP contribution in [-0.4, -0.2) is 19.1 Å². The number of benzene rings is 1. The quantitative estimate of drug-likeness (QED) is 0.335. The van der Waals surface area contributed by atoms with Gasteiger partial charge < -0.3 is 10.1 Å². The lowest BCUT2D eigenvalue weighted by Gasteiger charge is -2.07. The average molecular weight is 374 g/mol. The maximum absolute atomic E-state index is 11.7. The summed E-state index contributed by atoms with van der Waals surface area (Å²) in [6.45, 7) is 5.95. The number of unbranched alkanes of at least 4 members (excludes halogenated alkanes) is 7. The predicted molar refractivity (Wildman–Crippen MR) is 116 cm³/mol. The summed E-state index contributed by atoms with van der Waals surface area (Å²) in [5, 5.41) is 3.01. The highest BCUT2D eigenvalue weighted by molar-refractivity contribution is 5.75. The van der Waals surface area contributed by atoms with Crippen LogP contribution in [0.2, 0.25) is 0 Å². The minimum atomic E-state index is 0.190. The molecule has 0 aromatic heterocycles. The van der Waals surface area contributed by atoms with E-state index in [4.69, 9.17) is 4.74 Å². The van der Waals surface area contributed by atoms with Crippen LogP contribution in [0.3, 0.4) is 0 Å². The molecule has 3 nitrogen and oxygen atoms in total. The van der Waals surface area contributed by atoms with Crippen LogP contribution in [0.1, 0.15) is 90.0 Å². The minimum absolute atomic E-state index is 0.190. The molecule has 0 spiro atoms. The Hall–Kier alpha value is -1.77. The predicted octanol–water partition coefficient (Wildman–Crippen LogP) is 6.53. The number of ether oxygens (including phenoxy) is 1. The van der Waals surface area contributed by atoms with Crippen molar-refractivity contribution in [3.63, 3.8) is 0 Å². The summed E-state index contributed by atoms with van der Waals surface area (Å²) in [6, 6.07) is 8.25. The lowest BCUT2D eigenvalue weighted by molar-refractivity contribution is -0.121. The van der Waals surface area contributed by atoms with E-state index in [1.54, 1.807) is 0 Å². The lowest BCUT2D eigenvalue weighted by Crippen LogP contribution is -2.23. The van der Waals surface area contributed by atoms with Gasteiger partial charge in [0.05, 0.1) is 6.61 Å². The summed E-state index contributed by atoms with van der Waals surface area (Å²) >= 11 is 0. The van der Waals surface area contributed by atoms with Gasteiger partial charge >= 0.3 is 0 Å². The zero-order valence-corrected chi connectivity index (χ0v) is 17.5. The van der Waals surface area contributed by atoms with Gasteiger partial charge in [-0.3, -0.25) is 4.79 Å². The average Bonchev–Trinajstić information content (AvgIpc) is 2.68. The molecule has 0 saturated heterocycles. The molecule has 152 valence electrons. The second kappa shape index (κ2) is 16.4. The summed E-state index contributed by atoms with van der Waals surface area (Å²) in [5.74, 6) is 1.12. The summed E-state index contributed by atoms with van der Waals surface area (Å²) in [4.78, 5) is 11.7. The molecule has 0 heterocycles. The maximum atomic E-state index is 11.7. The molecule has 1 aromatic rings. The van der Waals surface area contributed by atoms with E-state index in [0.717, 1.165) is 44.4 Å². The third kappa shape index (κ3) is 13.1. The molecule has 0 aliphatic rings. The fourth-order valence-corrected chi connectivity index (χ4v) is 2.87. The Balaban J connectivity index is 2.07. The van der Waals surface area contributed by atoms with E-state index in [2.05, 4.69) is 43.4 Å². The van der Waals surface area contributed by atoms with E-state index in [9.17, 15) is 4.79 Å². The van der Waals surface area contributed by atoms with Crippen molar-refractivity contribution in [2.24, 2.45) is 0 Å². The highest BCUT2D eigenvalue weighted by atomic mass is 16.5. The van der Waals surface area contributed by atoms with Gasteiger partial charge in [-0.15, -0.1) is 0 Å². The molecule has 0 fully saturated rings. The smallest absolute Gasteiger partial charge is 0.219 e. The topological polar surface area (TPSA) is 38.3 Å². The number of carbonyl (C=O) groups is 1. The van der Waals surface area contributed by atoms with Gasteiger partial charge in [0.15, 0.2) is 0 Å². The maximum Gasteiger partial charge on any atom is 0.219 e. The molecular weight excluding hydrogens is 334 g/mol. The largest absolute Gasteiger partial charge is 0.494 e. The monoisotopic (exact) mass is 373 g/mol. The highest BCUT2D eigenvalue weighted by Crippen LogP contribution is 2.15. The highest BCUT2D eigenvalue weighted by Gasteiger charge is 2.01. The van der Waals surface area contributed by atoms with E-state index >= 15 is 0 Å². The number of nitrogens with one attached hydrogen (secondary N) is 1. The Bertz CT molecular complexity index is 525. The number of allylic oxidation sites excluding steroid dienone is 1. The van der Waals surface area contributed by atoms with Crippen LogP contribution in [-0.2, 0) is 4.79 Å². The molecule has 0 saturated carbocycles. The molecule has 0 aliphatic carbocycles. The van der Waals surface area contributed by atoms with Gasteiger partial charge in [-0.25, -0.2) is 0 Å². The number of amides is 1. The van der Waals surface area contributed by atoms with Crippen LogP contribution >= 0.6 is 0 Å². The van der Waals surface area contributed by atoms with Crippen LogP contribution in [0.4, 0.5) is 0 Å². The SMILES string of the molecule is CCCCC=Cc1cccc(OCCCCCC(=O)NCCCCCC)c1. The van der Waals surface area contributed by atoms with Crippen molar-refractivity contribution in [3.8, 4) is 5.75 Å². The first-order valence-electron chi connectivity index (χ1n) is 10.9. The number of hydrogen-bond acceptors (Lipinski definition) is 2. The van der Waals surface area contributed by atoms with Gasteiger partial charge in [0.1, 0.15) is 5.75 Å². The van der Waals surface area contributed by atoms with Gasteiger partial charge in [-0.2, -0.15) is 0 Å². The second-order valence-electron chi connectivity index (χ2n) is 7.19. The second-order valence-corrected chi connectivity index (χ2v) is 7.19. The van der Waals surface area contributed by atoms with Crippen LogP contribution in [0.25, 0.3) is 6.08 Å². The number of rotatable bonds is 16. The van der Waals surface area contributed by atoms with Crippen LogP contribution < -0.4 is 10.1 Å². The van der Waals surface area contributed by atoms with Crippen molar-refractivity contribution < 1.29 is 9.53 Å². The molecule has 0 radical (unpaired) electrons. The van der Waals surface area contributed by atoms with Crippen molar-refractivity contribution in [2.75, 3.05) is 13.2 Å². The number of carbonyl (C=O) groups excluding carboxylic acids is 1. The van der Waals surface area contributed by atoms with Crippen molar-refractivity contribution in [2.45, 2.75) is 84.5 Å². The van der Waals surface area contributed by atoms with E-state index in [1.165, 1.54) is 37.7 Å². The molecule has 1 aromatic carbocycles. The molecule has 0 bridgehead atoms. The molecular formula is C24H39NO2. The normalized spacial score (nSPS) is 11.0. The molecule has 0 aliphatic heterocycles.